The maximum atomic E-state index is 11.2. The number of carbonyl (C=O) groups is 1. The average Bonchev–Trinajstić information content (AvgIpc) is 2.27. The van der Waals surface area contributed by atoms with Crippen LogP contribution in [0.4, 0.5) is 0 Å². The molecule has 1 N–H and O–H groups in total. The van der Waals surface area contributed by atoms with Crippen LogP contribution in [0.5, 0.6) is 0 Å². The van der Waals surface area contributed by atoms with Crippen molar-refractivity contribution < 1.29 is 4.79 Å². The third kappa shape index (κ3) is 5.87. The van der Waals surface area contributed by atoms with Crippen LogP contribution in [0.15, 0.2) is 29.5 Å². The molecule has 0 spiro atoms. The first-order valence-electron chi connectivity index (χ1n) is 5.82. The second-order valence-corrected chi connectivity index (χ2v) is 4.60. The predicted octanol–water partition coefficient (Wildman–Crippen LogP) is 2.52. The van der Waals surface area contributed by atoms with Gasteiger partial charge in [-0.15, -0.1) is 0 Å². The van der Waals surface area contributed by atoms with Crippen LogP contribution in [0.3, 0.4) is 0 Å². The first kappa shape index (κ1) is 16.7. The van der Waals surface area contributed by atoms with E-state index >= 15 is 0 Å². The quantitative estimate of drug-likeness (QED) is 0.755. The standard InChI is InChI=1S/C13H22ClN3O/c1-7-15-10(3)11(4)16-13(14)8-9(2)17(6)12(5)18/h7-8,10-11,15H,1H2,2-6H3/b9-8+,16-13?/t10?,11-/m0/s1. The van der Waals surface area contributed by atoms with Crippen molar-refractivity contribution in [3.05, 3.63) is 24.6 Å². The fourth-order valence-corrected chi connectivity index (χ4v) is 1.50. The van der Waals surface area contributed by atoms with Crippen LogP contribution < -0.4 is 5.32 Å². The minimum atomic E-state index is -0.0389. The Hall–Kier alpha value is -1.29. The highest BCUT2D eigenvalue weighted by Gasteiger charge is 2.10. The van der Waals surface area contributed by atoms with Gasteiger partial charge in [-0.2, -0.15) is 0 Å². The molecule has 0 saturated heterocycles. The van der Waals surface area contributed by atoms with Crippen LogP contribution in [-0.2, 0) is 4.79 Å². The maximum absolute atomic E-state index is 11.2. The molecule has 5 heteroatoms. The summed E-state index contributed by atoms with van der Waals surface area (Å²) in [5.74, 6) is -0.0389. The second kappa shape index (κ2) is 7.93. The number of hydrogen-bond donors (Lipinski definition) is 1. The third-order valence-corrected chi connectivity index (χ3v) is 2.97. The Bertz CT molecular complexity index is 363. The van der Waals surface area contributed by atoms with Crippen LogP contribution in [0.25, 0.3) is 0 Å². The molecule has 1 unspecified atom stereocenters. The van der Waals surface area contributed by atoms with E-state index in [0.717, 1.165) is 5.70 Å². The molecule has 4 nitrogen and oxygen atoms in total. The summed E-state index contributed by atoms with van der Waals surface area (Å²) in [5.41, 5.74) is 0.757. The Balaban J connectivity index is 4.73. The highest BCUT2D eigenvalue weighted by molar-refractivity contribution is 6.68. The lowest BCUT2D eigenvalue weighted by molar-refractivity contribution is -0.125. The molecule has 0 saturated carbocycles. The highest BCUT2D eigenvalue weighted by atomic mass is 35.5. The number of aliphatic imine (C=N–C) groups is 1. The van der Waals surface area contributed by atoms with Crippen molar-refractivity contribution in [3.63, 3.8) is 0 Å². The molecule has 0 bridgehead atoms. The van der Waals surface area contributed by atoms with Gasteiger partial charge in [0.25, 0.3) is 0 Å². The van der Waals surface area contributed by atoms with Crippen LogP contribution in [0, 0.1) is 0 Å². The van der Waals surface area contributed by atoms with Gasteiger partial charge in [0.2, 0.25) is 5.91 Å². The zero-order valence-corrected chi connectivity index (χ0v) is 12.5. The fourth-order valence-electron chi connectivity index (χ4n) is 1.19. The summed E-state index contributed by atoms with van der Waals surface area (Å²) in [6.45, 7) is 10.9. The highest BCUT2D eigenvalue weighted by Crippen LogP contribution is 2.06. The van der Waals surface area contributed by atoms with E-state index in [1.165, 1.54) is 11.8 Å². The largest absolute Gasteiger partial charge is 0.387 e. The van der Waals surface area contributed by atoms with E-state index in [2.05, 4.69) is 16.9 Å². The predicted molar refractivity (Wildman–Crippen MR) is 77.7 cm³/mol. The monoisotopic (exact) mass is 271 g/mol. The molecule has 0 rings (SSSR count). The van der Waals surface area contributed by atoms with Crippen LogP contribution in [0.1, 0.15) is 27.7 Å². The van der Waals surface area contributed by atoms with E-state index in [4.69, 9.17) is 11.6 Å². The molecule has 0 aromatic rings. The van der Waals surface area contributed by atoms with Crippen molar-refractivity contribution in [2.75, 3.05) is 7.05 Å². The lowest BCUT2D eigenvalue weighted by Gasteiger charge is -2.17. The molecule has 1 amide bonds. The van der Waals surface area contributed by atoms with Crippen molar-refractivity contribution in [3.8, 4) is 0 Å². The van der Waals surface area contributed by atoms with Gasteiger partial charge in [-0.05, 0) is 33.0 Å². The molecule has 0 aliphatic heterocycles. The molecule has 0 aliphatic rings. The van der Waals surface area contributed by atoms with Gasteiger partial charge in [0.1, 0.15) is 5.17 Å². The summed E-state index contributed by atoms with van der Waals surface area (Å²) in [7, 11) is 1.70. The molecule has 0 fully saturated rings. The van der Waals surface area contributed by atoms with Crippen molar-refractivity contribution in [2.24, 2.45) is 4.99 Å². The summed E-state index contributed by atoms with van der Waals surface area (Å²) >= 11 is 6.05. The van der Waals surface area contributed by atoms with Gasteiger partial charge in [0.05, 0.1) is 6.04 Å². The van der Waals surface area contributed by atoms with Gasteiger partial charge >= 0.3 is 0 Å². The molecular formula is C13H22ClN3O. The number of carbonyl (C=O) groups excluding carboxylic acids is 1. The van der Waals surface area contributed by atoms with E-state index < -0.39 is 0 Å². The van der Waals surface area contributed by atoms with Gasteiger partial charge in [-0.3, -0.25) is 9.79 Å². The summed E-state index contributed by atoms with van der Waals surface area (Å²) < 4.78 is 0. The zero-order chi connectivity index (χ0) is 14.3. The number of hydrogen-bond acceptors (Lipinski definition) is 3. The van der Waals surface area contributed by atoms with Gasteiger partial charge in [-0.25, -0.2) is 0 Å². The number of nitrogens with one attached hydrogen (secondary N) is 1. The van der Waals surface area contributed by atoms with Crippen molar-refractivity contribution in [2.45, 2.75) is 39.8 Å². The molecule has 18 heavy (non-hydrogen) atoms. The molecule has 0 aliphatic carbocycles. The third-order valence-electron chi connectivity index (χ3n) is 2.76. The number of allylic oxidation sites excluding steroid dienone is 2. The van der Waals surface area contributed by atoms with E-state index in [9.17, 15) is 4.79 Å². The normalized spacial score (nSPS) is 15.9. The second-order valence-electron chi connectivity index (χ2n) is 4.22. The lowest BCUT2D eigenvalue weighted by atomic mass is 10.2. The topological polar surface area (TPSA) is 44.7 Å². The van der Waals surface area contributed by atoms with Gasteiger partial charge in [-0.1, -0.05) is 18.2 Å². The molecule has 0 aromatic carbocycles. The van der Waals surface area contributed by atoms with Gasteiger partial charge in [0, 0.05) is 25.7 Å². The van der Waals surface area contributed by atoms with Crippen LogP contribution in [-0.4, -0.2) is 35.1 Å². The van der Waals surface area contributed by atoms with E-state index in [-0.39, 0.29) is 18.0 Å². The number of nitrogens with zero attached hydrogens (tertiary/aromatic N) is 2. The Morgan fingerprint density at radius 3 is 2.44 bits per heavy atom. The smallest absolute Gasteiger partial charge is 0.223 e. The first-order chi connectivity index (χ1) is 8.29. The summed E-state index contributed by atoms with van der Waals surface area (Å²) in [6.07, 6.45) is 3.31. The Morgan fingerprint density at radius 1 is 1.44 bits per heavy atom. The molecular weight excluding hydrogens is 250 g/mol. The fraction of sp³-hybridized carbons (Fsp3) is 0.538. The number of amides is 1. The number of halogens is 1. The molecule has 0 aromatic heterocycles. The molecule has 2 atom stereocenters. The SMILES string of the molecule is C=CNC(C)[C@H](C)N=C(Cl)/C=C(\C)N(C)C(C)=O. The van der Waals surface area contributed by atoms with Crippen LogP contribution >= 0.6 is 11.6 Å². The van der Waals surface area contributed by atoms with E-state index in [1.54, 1.807) is 19.3 Å². The van der Waals surface area contributed by atoms with Crippen molar-refractivity contribution in [1.29, 1.82) is 0 Å². The summed E-state index contributed by atoms with van der Waals surface area (Å²) in [4.78, 5) is 17.0. The minimum absolute atomic E-state index is 0.0159. The molecule has 102 valence electrons. The van der Waals surface area contributed by atoms with Crippen molar-refractivity contribution >= 4 is 22.7 Å². The Morgan fingerprint density at radius 2 is 2.00 bits per heavy atom. The first-order valence-corrected chi connectivity index (χ1v) is 6.20. The zero-order valence-electron chi connectivity index (χ0n) is 11.7. The summed E-state index contributed by atoms with van der Waals surface area (Å²) in [5, 5.41) is 3.44. The maximum Gasteiger partial charge on any atom is 0.223 e. The van der Waals surface area contributed by atoms with Gasteiger partial charge < -0.3 is 10.2 Å². The number of rotatable bonds is 6. The van der Waals surface area contributed by atoms with Gasteiger partial charge in [0.15, 0.2) is 0 Å². The Labute approximate surface area is 114 Å². The van der Waals surface area contributed by atoms with E-state index in [0.29, 0.717) is 5.17 Å². The molecule has 0 radical (unpaired) electrons. The van der Waals surface area contributed by atoms with E-state index in [1.807, 2.05) is 20.8 Å². The van der Waals surface area contributed by atoms with Crippen LogP contribution in [0.2, 0.25) is 0 Å². The lowest BCUT2D eigenvalue weighted by Crippen LogP contribution is -2.31. The Kier molecular flexibility index (Phi) is 7.36. The summed E-state index contributed by atoms with van der Waals surface area (Å²) in [6, 6.07) is 0.165. The molecule has 0 heterocycles. The average molecular weight is 272 g/mol. The minimum Gasteiger partial charge on any atom is -0.387 e. The van der Waals surface area contributed by atoms with Crippen molar-refractivity contribution in [1.82, 2.24) is 10.2 Å².